The molecule has 1 aliphatic carbocycles. The van der Waals surface area contributed by atoms with Crippen molar-refractivity contribution in [1.29, 1.82) is 0 Å². The Kier molecular flexibility index (Phi) is 5.77. The average molecular weight is 569 g/mol. The summed E-state index contributed by atoms with van der Waals surface area (Å²) >= 11 is 0. The van der Waals surface area contributed by atoms with Gasteiger partial charge in [0.15, 0.2) is 0 Å². The second kappa shape index (κ2) is 8.74. The quantitative estimate of drug-likeness (QED) is 0.352. The van der Waals surface area contributed by atoms with E-state index in [4.69, 9.17) is 4.74 Å². The van der Waals surface area contributed by atoms with Crippen LogP contribution in [0.15, 0.2) is 30.5 Å². The number of sulfonamides is 1. The first kappa shape index (κ1) is 25.7. The van der Waals surface area contributed by atoms with Gasteiger partial charge < -0.3 is 10.1 Å². The second-order valence-electron chi connectivity index (χ2n) is 9.97. The van der Waals surface area contributed by atoms with Crippen molar-refractivity contribution in [2.45, 2.75) is 43.2 Å². The molecule has 0 unspecified atom stereocenters. The summed E-state index contributed by atoms with van der Waals surface area (Å²) in [4.78, 5) is 4.30. The molecule has 208 valence electrons. The summed E-state index contributed by atoms with van der Waals surface area (Å²) in [6.07, 6.45) is 1.78. The maximum atomic E-state index is 14.8. The Balaban J connectivity index is 1.31. The number of nitrogens with zero attached hydrogens (tertiary/aromatic N) is 7. The van der Waals surface area contributed by atoms with Gasteiger partial charge in [-0.3, -0.25) is 0 Å². The number of methoxy groups -OCH3 is 1. The normalized spacial score (nSPS) is 21.7. The fourth-order valence-corrected chi connectivity index (χ4v) is 5.97. The first-order valence-electron chi connectivity index (χ1n) is 12.1. The maximum absolute atomic E-state index is 14.8. The number of alkyl halides is 4. The van der Waals surface area contributed by atoms with Crippen LogP contribution in [0.2, 0.25) is 0 Å². The predicted octanol–water partition coefficient (Wildman–Crippen LogP) is 3.20. The van der Waals surface area contributed by atoms with Crippen LogP contribution in [-0.2, 0) is 10.0 Å². The first-order valence-corrected chi connectivity index (χ1v) is 14.0. The molecule has 1 aromatic carbocycles. The van der Waals surface area contributed by atoms with Gasteiger partial charge in [0, 0.05) is 31.1 Å². The third-order valence-electron chi connectivity index (χ3n) is 7.21. The van der Waals surface area contributed by atoms with Crippen LogP contribution in [0.4, 0.5) is 23.5 Å². The number of aromatic nitrogens is 6. The lowest BCUT2D eigenvalue weighted by atomic mass is 9.88. The van der Waals surface area contributed by atoms with Gasteiger partial charge in [-0.25, -0.2) is 35.2 Å². The van der Waals surface area contributed by atoms with E-state index in [9.17, 15) is 26.0 Å². The van der Waals surface area contributed by atoms with E-state index in [2.05, 4.69) is 25.7 Å². The predicted molar refractivity (Wildman–Crippen MR) is 133 cm³/mol. The highest BCUT2D eigenvalue weighted by molar-refractivity contribution is 7.88. The van der Waals surface area contributed by atoms with E-state index in [1.54, 1.807) is 30.5 Å². The Morgan fingerprint density at radius 3 is 2.59 bits per heavy atom. The van der Waals surface area contributed by atoms with E-state index in [0.29, 0.717) is 27.7 Å². The zero-order valence-corrected chi connectivity index (χ0v) is 21.7. The molecular formula is C23H24F4N8O3S. The Labute approximate surface area is 219 Å². The molecular weight excluding hydrogens is 544 g/mol. The number of rotatable bonds is 6. The van der Waals surface area contributed by atoms with Crippen molar-refractivity contribution in [3.05, 3.63) is 30.5 Å². The Hall–Kier alpha value is -3.53. The van der Waals surface area contributed by atoms with E-state index in [1.807, 2.05) is 0 Å². The minimum Gasteiger partial charge on any atom is -0.479 e. The number of benzene rings is 1. The van der Waals surface area contributed by atoms with Gasteiger partial charge in [-0.05, 0) is 30.2 Å². The molecule has 0 spiro atoms. The van der Waals surface area contributed by atoms with Crippen LogP contribution in [-0.4, -0.2) is 86.7 Å². The van der Waals surface area contributed by atoms with Gasteiger partial charge in [0.25, 0.3) is 11.8 Å². The van der Waals surface area contributed by atoms with Crippen LogP contribution in [0.5, 0.6) is 5.88 Å². The number of halogens is 4. The molecule has 4 heterocycles. The van der Waals surface area contributed by atoms with Crippen molar-refractivity contribution >= 4 is 32.5 Å². The molecule has 1 N–H and O–H groups in total. The maximum Gasteiger partial charge on any atom is 0.281 e. The fourth-order valence-electron chi connectivity index (χ4n) is 5.13. The van der Waals surface area contributed by atoms with Gasteiger partial charge in [0.05, 0.1) is 37.5 Å². The molecule has 6 rings (SSSR count). The van der Waals surface area contributed by atoms with Crippen molar-refractivity contribution in [3.8, 4) is 17.0 Å². The number of fused-ring (bicyclic) bond motifs is 2. The first-order chi connectivity index (χ1) is 18.3. The molecule has 16 heteroatoms. The van der Waals surface area contributed by atoms with Crippen molar-refractivity contribution in [3.63, 3.8) is 0 Å². The lowest BCUT2D eigenvalue weighted by molar-refractivity contribution is -0.106. The molecule has 1 aliphatic heterocycles. The van der Waals surface area contributed by atoms with Gasteiger partial charge in [0.2, 0.25) is 21.9 Å². The molecule has 1 atom stereocenters. The van der Waals surface area contributed by atoms with Crippen molar-refractivity contribution < 1.29 is 30.7 Å². The molecule has 4 aromatic rings. The number of anilines is 1. The van der Waals surface area contributed by atoms with Crippen molar-refractivity contribution in [2.75, 3.05) is 31.8 Å². The highest BCUT2D eigenvalue weighted by atomic mass is 32.2. The molecule has 1 saturated carbocycles. The number of ether oxygens (including phenoxy) is 1. The van der Waals surface area contributed by atoms with Gasteiger partial charge in [0.1, 0.15) is 11.0 Å². The van der Waals surface area contributed by atoms with Crippen molar-refractivity contribution in [2.24, 2.45) is 0 Å². The zero-order valence-electron chi connectivity index (χ0n) is 20.9. The number of nitrogens with one attached hydrogen (secondary N) is 1. The Morgan fingerprint density at radius 2 is 1.92 bits per heavy atom. The highest BCUT2D eigenvalue weighted by Crippen LogP contribution is 2.46. The largest absolute Gasteiger partial charge is 0.479 e. The lowest BCUT2D eigenvalue weighted by Gasteiger charge is -2.37. The summed E-state index contributed by atoms with van der Waals surface area (Å²) in [6, 6.07) is 5.25. The van der Waals surface area contributed by atoms with E-state index in [0.717, 1.165) is 10.6 Å². The molecule has 39 heavy (non-hydrogen) atoms. The summed E-state index contributed by atoms with van der Waals surface area (Å²) in [6.45, 7) is -1.01. The summed E-state index contributed by atoms with van der Waals surface area (Å²) in [5.74, 6) is -6.05. The third-order valence-corrected chi connectivity index (χ3v) is 8.46. The zero-order chi connectivity index (χ0) is 27.7. The van der Waals surface area contributed by atoms with Crippen LogP contribution in [0.25, 0.3) is 27.7 Å². The van der Waals surface area contributed by atoms with E-state index in [1.165, 1.54) is 16.3 Å². The topological polar surface area (TPSA) is 120 Å². The van der Waals surface area contributed by atoms with Crippen LogP contribution in [0, 0.1) is 0 Å². The highest BCUT2D eigenvalue weighted by Gasteiger charge is 2.48. The van der Waals surface area contributed by atoms with E-state index >= 15 is 0 Å². The smallest absolute Gasteiger partial charge is 0.281 e. The standard InChI is InChI=1S/C23H24F4N8O3S/c1-38-20-19-15(13-3-4-16-17(9-13)35(32-30-16)14-10-22(24,25)11-14)5-8-34(19)31-21(29-20)28-18-6-7-33(39(2,36)37)12-23(18,26)27/h3-5,8-9,14,18H,6-7,10-12H2,1-2H3,(H,28,31)/t18-/m1/s1. The molecule has 2 fully saturated rings. The summed E-state index contributed by atoms with van der Waals surface area (Å²) in [5, 5.41) is 15.1. The second-order valence-corrected chi connectivity index (χ2v) is 11.9. The number of hydrogen-bond donors (Lipinski definition) is 1. The van der Waals surface area contributed by atoms with Gasteiger partial charge in [-0.15, -0.1) is 10.2 Å². The van der Waals surface area contributed by atoms with Gasteiger partial charge in [-0.1, -0.05) is 11.3 Å². The molecule has 11 nitrogen and oxygen atoms in total. The van der Waals surface area contributed by atoms with E-state index in [-0.39, 0.29) is 37.6 Å². The van der Waals surface area contributed by atoms with Crippen LogP contribution in [0.3, 0.4) is 0 Å². The fraction of sp³-hybridized carbons (Fsp3) is 0.478. The minimum atomic E-state index is -3.75. The van der Waals surface area contributed by atoms with Crippen LogP contribution in [0.1, 0.15) is 25.3 Å². The Bertz CT molecular complexity index is 1680. The summed E-state index contributed by atoms with van der Waals surface area (Å²) < 4.78 is 89.2. The minimum absolute atomic E-state index is 0.0639. The summed E-state index contributed by atoms with van der Waals surface area (Å²) in [5.41, 5.74) is 3.01. The molecule has 1 saturated heterocycles. The molecule has 2 aliphatic rings. The van der Waals surface area contributed by atoms with Crippen LogP contribution < -0.4 is 10.1 Å². The monoisotopic (exact) mass is 568 g/mol. The van der Waals surface area contributed by atoms with Gasteiger partial charge in [-0.2, -0.15) is 9.29 Å². The molecule has 3 aromatic heterocycles. The number of hydrogen-bond acceptors (Lipinski definition) is 8. The average Bonchev–Trinajstić information content (AvgIpc) is 3.46. The molecule has 0 amide bonds. The lowest BCUT2D eigenvalue weighted by Crippen LogP contribution is -2.55. The molecule has 0 bridgehead atoms. The third kappa shape index (κ3) is 4.54. The number of piperidine rings is 1. The van der Waals surface area contributed by atoms with E-state index < -0.39 is 40.5 Å². The van der Waals surface area contributed by atoms with Crippen molar-refractivity contribution in [1.82, 2.24) is 33.9 Å². The molecule has 0 radical (unpaired) electrons. The van der Waals surface area contributed by atoms with Gasteiger partial charge >= 0.3 is 0 Å². The summed E-state index contributed by atoms with van der Waals surface area (Å²) in [7, 11) is -2.36. The SMILES string of the molecule is COc1nc(N[C@@H]2CCN(S(C)(=O)=O)CC2(F)F)nn2ccc(-c3ccc4nnn(C5CC(F)(F)C5)c4c3)c12. The Morgan fingerprint density at radius 1 is 1.15 bits per heavy atom. The van der Waals surface area contributed by atoms with Crippen LogP contribution >= 0.6 is 0 Å².